The van der Waals surface area contributed by atoms with E-state index in [-0.39, 0.29) is 0 Å². The summed E-state index contributed by atoms with van der Waals surface area (Å²) in [6.45, 7) is 6.21. The summed E-state index contributed by atoms with van der Waals surface area (Å²) in [4.78, 5) is 2.21. The van der Waals surface area contributed by atoms with Gasteiger partial charge >= 0.3 is 0 Å². The maximum absolute atomic E-state index is 5.56. The van der Waals surface area contributed by atoms with Crippen molar-refractivity contribution in [2.45, 2.75) is 33.2 Å². The molecule has 0 bridgehead atoms. The van der Waals surface area contributed by atoms with Gasteiger partial charge in [0.05, 0.1) is 6.54 Å². The van der Waals surface area contributed by atoms with Crippen LogP contribution >= 0.6 is 0 Å². The van der Waals surface area contributed by atoms with Crippen LogP contribution in [0.3, 0.4) is 0 Å². The Bertz CT molecular complexity index is 656. The predicted octanol–water partition coefficient (Wildman–Crippen LogP) is 2.67. The predicted molar refractivity (Wildman–Crippen MR) is 85.4 cm³/mol. The first-order valence-electron chi connectivity index (χ1n) is 8.02. The number of rotatable bonds is 7. The van der Waals surface area contributed by atoms with E-state index in [2.05, 4.69) is 41.2 Å². The Morgan fingerprint density at radius 2 is 1.96 bits per heavy atom. The highest BCUT2D eigenvalue weighted by Crippen LogP contribution is 2.33. The molecule has 124 valence electrons. The lowest BCUT2D eigenvalue weighted by atomic mass is 10.0. The summed E-state index contributed by atoms with van der Waals surface area (Å²) >= 11 is 0. The highest BCUT2D eigenvalue weighted by atomic mass is 16.7. The maximum atomic E-state index is 5.56. The number of fused-ring (bicyclic) bond motifs is 1. The third-order valence-electron chi connectivity index (χ3n) is 3.86. The quantitative estimate of drug-likeness (QED) is 0.782. The fourth-order valence-corrected chi connectivity index (χ4v) is 2.86. The molecule has 2 aromatic rings. The smallest absolute Gasteiger partial charge is 0.231 e. The van der Waals surface area contributed by atoms with Crippen LogP contribution in [0.1, 0.15) is 31.2 Å². The highest BCUT2D eigenvalue weighted by molar-refractivity contribution is 5.44. The zero-order valence-corrected chi connectivity index (χ0v) is 13.9. The third-order valence-corrected chi connectivity index (χ3v) is 3.86. The van der Waals surface area contributed by atoms with E-state index >= 15 is 0 Å². The van der Waals surface area contributed by atoms with Crippen LogP contribution in [0.15, 0.2) is 22.6 Å². The van der Waals surface area contributed by atoms with Crippen molar-refractivity contribution < 1.29 is 13.9 Å². The molecule has 1 aliphatic heterocycles. The van der Waals surface area contributed by atoms with Gasteiger partial charge in [-0.3, -0.25) is 4.90 Å². The van der Waals surface area contributed by atoms with Crippen molar-refractivity contribution in [3.05, 3.63) is 35.5 Å². The van der Waals surface area contributed by atoms with Crippen molar-refractivity contribution in [3.63, 3.8) is 0 Å². The molecule has 2 heterocycles. The first kappa shape index (κ1) is 15.8. The van der Waals surface area contributed by atoms with E-state index in [0.29, 0.717) is 31.0 Å². The normalized spacial score (nSPS) is 14.4. The number of nitrogens with zero attached hydrogens (tertiary/aromatic N) is 3. The standard InChI is InChI=1S/C17H23N3O3/c1-4-16-18-19-17(23-16)10-20(3)9-12(2)7-13-5-6-14-15(8-13)22-11-21-14/h5-6,8,12H,4,7,9-11H2,1-3H3. The van der Waals surface area contributed by atoms with E-state index in [4.69, 9.17) is 13.9 Å². The molecule has 0 saturated carbocycles. The Balaban J connectivity index is 1.51. The molecular formula is C17H23N3O3. The molecule has 0 spiro atoms. The van der Waals surface area contributed by atoms with Crippen molar-refractivity contribution >= 4 is 0 Å². The lowest BCUT2D eigenvalue weighted by molar-refractivity contribution is 0.174. The Kier molecular flexibility index (Phi) is 4.81. The second-order valence-corrected chi connectivity index (χ2v) is 6.14. The second kappa shape index (κ2) is 7.00. The fourth-order valence-electron chi connectivity index (χ4n) is 2.86. The van der Waals surface area contributed by atoms with Gasteiger partial charge in [-0.25, -0.2) is 0 Å². The van der Waals surface area contributed by atoms with Gasteiger partial charge in [-0.05, 0) is 37.1 Å². The molecule has 23 heavy (non-hydrogen) atoms. The molecule has 0 radical (unpaired) electrons. The lowest BCUT2D eigenvalue weighted by Gasteiger charge is -2.20. The Morgan fingerprint density at radius 1 is 1.17 bits per heavy atom. The Labute approximate surface area is 136 Å². The van der Waals surface area contributed by atoms with Crippen LogP contribution < -0.4 is 9.47 Å². The monoisotopic (exact) mass is 317 g/mol. The van der Waals surface area contributed by atoms with E-state index in [1.165, 1.54) is 5.56 Å². The summed E-state index contributed by atoms with van der Waals surface area (Å²) in [7, 11) is 2.08. The average Bonchev–Trinajstić information content (AvgIpc) is 3.15. The molecule has 3 rings (SSSR count). The SMILES string of the molecule is CCc1nnc(CN(C)CC(C)Cc2ccc3c(c2)OCO3)o1. The summed E-state index contributed by atoms with van der Waals surface area (Å²) in [5.41, 5.74) is 1.27. The van der Waals surface area contributed by atoms with Gasteiger partial charge in [0.2, 0.25) is 18.6 Å². The van der Waals surface area contributed by atoms with Gasteiger partial charge in [0.25, 0.3) is 0 Å². The minimum Gasteiger partial charge on any atom is -0.454 e. The van der Waals surface area contributed by atoms with Crippen LogP contribution in [0.5, 0.6) is 11.5 Å². The van der Waals surface area contributed by atoms with E-state index in [9.17, 15) is 0 Å². The van der Waals surface area contributed by atoms with Gasteiger partial charge in [-0.1, -0.05) is 19.9 Å². The lowest BCUT2D eigenvalue weighted by Crippen LogP contribution is -2.25. The number of hydrogen-bond acceptors (Lipinski definition) is 6. The molecule has 1 atom stereocenters. The zero-order chi connectivity index (χ0) is 16.2. The molecule has 1 aliphatic rings. The van der Waals surface area contributed by atoms with Crippen LogP contribution in [0.25, 0.3) is 0 Å². The molecule has 1 aromatic carbocycles. The van der Waals surface area contributed by atoms with Crippen molar-refractivity contribution in [2.24, 2.45) is 5.92 Å². The molecule has 0 aliphatic carbocycles. The summed E-state index contributed by atoms with van der Waals surface area (Å²) in [5, 5.41) is 8.07. The fraction of sp³-hybridized carbons (Fsp3) is 0.529. The summed E-state index contributed by atoms with van der Waals surface area (Å²) < 4.78 is 16.3. The minimum atomic E-state index is 0.320. The van der Waals surface area contributed by atoms with Crippen LogP contribution in [-0.2, 0) is 19.4 Å². The van der Waals surface area contributed by atoms with Crippen LogP contribution in [-0.4, -0.2) is 35.5 Å². The van der Waals surface area contributed by atoms with Crippen molar-refractivity contribution in [1.82, 2.24) is 15.1 Å². The van der Waals surface area contributed by atoms with Gasteiger partial charge in [-0.2, -0.15) is 0 Å². The Morgan fingerprint density at radius 3 is 2.74 bits per heavy atom. The third kappa shape index (κ3) is 4.01. The van der Waals surface area contributed by atoms with Crippen molar-refractivity contribution in [1.29, 1.82) is 0 Å². The summed E-state index contributed by atoms with van der Waals surface area (Å²) in [6.07, 6.45) is 1.77. The van der Waals surface area contributed by atoms with E-state index in [1.807, 2.05) is 13.0 Å². The van der Waals surface area contributed by atoms with Gasteiger partial charge in [0, 0.05) is 13.0 Å². The van der Waals surface area contributed by atoms with Gasteiger partial charge in [0.15, 0.2) is 11.5 Å². The van der Waals surface area contributed by atoms with Crippen LogP contribution in [0.2, 0.25) is 0 Å². The molecule has 6 heteroatoms. The van der Waals surface area contributed by atoms with Crippen molar-refractivity contribution in [2.75, 3.05) is 20.4 Å². The largest absolute Gasteiger partial charge is 0.454 e. The highest BCUT2D eigenvalue weighted by Gasteiger charge is 2.15. The molecule has 1 unspecified atom stereocenters. The second-order valence-electron chi connectivity index (χ2n) is 6.14. The Hall–Kier alpha value is -2.08. The van der Waals surface area contributed by atoms with Crippen LogP contribution in [0, 0.1) is 5.92 Å². The summed E-state index contributed by atoms with van der Waals surface area (Å²) in [6, 6.07) is 6.17. The van der Waals surface area contributed by atoms with Gasteiger partial charge < -0.3 is 13.9 Å². The van der Waals surface area contributed by atoms with Crippen molar-refractivity contribution in [3.8, 4) is 11.5 Å². The average molecular weight is 317 g/mol. The molecule has 0 saturated heterocycles. The molecule has 0 amide bonds. The number of benzene rings is 1. The van der Waals surface area contributed by atoms with E-state index < -0.39 is 0 Å². The maximum Gasteiger partial charge on any atom is 0.231 e. The number of aryl methyl sites for hydroxylation is 1. The van der Waals surface area contributed by atoms with E-state index in [1.54, 1.807) is 0 Å². The minimum absolute atomic E-state index is 0.320. The number of aromatic nitrogens is 2. The van der Waals surface area contributed by atoms with Gasteiger partial charge in [0.1, 0.15) is 0 Å². The molecule has 0 fully saturated rings. The summed E-state index contributed by atoms with van der Waals surface area (Å²) in [5.74, 6) is 3.57. The molecule has 6 nitrogen and oxygen atoms in total. The topological polar surface area (TPSA) is 60.6 Å². The van der Waals surface area contributed by atoms with E-state index in [0.717, 1.165) is 30.9 Å². The molecule has 1 aromatic heterocycles. The first-order chi connectivity index (χ1) is 11.1. The number of ether oxygens (including phenoxy) is 2. The van der Waals surface area contributed by atoms with Gasteiger partial charge in [-0.15, -0.1) is 10.2 Å². The van der Waals surface area contributed by atoms with Crippen LogP contribution in [0.4, 0.5) is 0 Å². The first-order valence-corrected chi connectivity index (χ1v) is 8.02. The molecule has 0 N–H and O–H groups in total. The zero-order valence-electron chi connectivity index (χ0n) is 13.9. The number of hydrogen-bond donors (Lipinski definition) is 0. The molecular weight excluding hydrogens is 294 g/mol.